The average Bonchev–Trinajstić information content (AvgIpc) is 2.27. The van der Waals surface area contributed by atoms with E-state index >= 15 is 0 Å². The first kappa shape index (κ1) is 17.8. The summed E-state index contributed by atoms with van der Waals surface area (Å²) >= 11 is 6.40. The SMILES string of the molecule is CC(CCBr)C(O)S(=O)(=O)C(O)C(C)CCBr. The molecule has 0 amide bonds. The zero-order valence-corrected chi connectivity index (χ0v) is 14.0. The van der Waals surface area contributed by atoms with Crippen LogP contribution in [0.3, 0.4) is 0 Å². The van der Waals surface area contributed by atoms with Crippen molar-refractivity contribution in [3.05, 3.63) is 0 Å². The molecule has 0 rings (SSSR count). The van der Waals surface area contributed by atoms with E-state index in [0.717, 1.165) is 0 Å². The van der Waals surface area contributed by atoms with Crippen LogP contribution in [0, 0.1) is 11.8 Å². The summed E-state index contributed by atoms with van der Waals surface area (Å²) in [6.45, 7) is 3.32. The molecule has 0 aliphatic rings. The van der Waals surface area contributed by atoms with Crippen molar-refractivity contribution in [1.29, 1.82) is 0 Å². The maximum atomic E-state index is 11.9. The third-order valence-electron chi connectivity index (χ3n) is 2.78. The Kier molecular flexibility index (Phi) is 8.49. The van der Waals surface area contributed by atoms with Gasteiger partial charge in [0.05, 0.1) is 0 Å². The first-order valence-corrected chi connectivity index (χ1v) is 9.35. The molecule has 0 bridgehead atoms. The Morgan fingerprint density at radius 3 is 1.47 bits per heavy atom. The fourth-order valence-corrected chi connectivity index (χ4v) is 4.72. The van der Waals surface area contributed by atoms with Crippen molar-refractivity contribution >= 4 is 41.7 Å². The van der Waals surface area contributed by atoms with Gasteiger partial charge in [-0.2, -0.15) is 0 Å². The Hall–Kier alpha value is 0.830. The summed E-state index contributed by atoms with van der Waals surface area (Å²) in [4.78, 5) is 0. The van der Waals surface area contributed by atoms with Gasteiger partial charge in [-0.15, -0.1) is 0 Å². The van der Waals surface area contributed by atoms with Crippen molar-refractivity contribution < 1.29 is 18.6 Å². The van der Waals surface area contributed by atoms with E-state index in [0.29, 0.717) is 23.5 Å². The van der Waals surface area contributed by atoms with E-state index in [2.05, 4.69) is 31.9 Å². The van der Waals surface area contributed by atoms with Gasteiger partial charge in [0.1, 0.15) is 0 Å². The van der Waals surface area contributed by atoms with Gasteiger partial charge in [0.2, 0.25) is 9.84 Å². The van der Waals surface area contributed by atoms with Gasteiger partial charge in [-0.25, -0.2) is 8.42 Å². The number of alkyl halides is 2. The molecule has 17 heavy (non-hydrogen) atoms. The Labute approximate surface area is 120 Å². The highest BCUT2D eigenvalue weighted by Crippen LogP contribution is 2.23. The molecule has 0 fully saturated rings. The van der Waals surface area contributed by atoms with Gasteiger partial charge in [-0.3, -0.25) is 0 Å². The van der Waals surface area contributed by atoms with Gasteiger partial charge >= 0.3 is 0 Å². The molecule has 4 atom stereocenters. The molecule has 2 N–H and O–H groups in total. The van der Waals surface area contributed by atoms with Crippen LogP contribution in [0.5, 0.6) is 0 Å². The third kappa shape index (κ3) is 5.14. The van der Waals surface area contributed by atoms with Crippen molar-refractivity contribution in [2.75, 3.05) is 10.7 Å². The van der Waals surface area contributed by atoms with Crippen molar-refractivity contribution in [2.24, 2.45) is 11.8 Å². The monoisotopic (exact) mass is 394 g/mol. The van der Waals surface area contributed by atoms with E-state index in [1.165, 1.54) is 0 Å². The van der Waals surface area contributed by atoms with Crippen LogP contribution in [-0.2, 0) is 9.84 Å². The summed E-state index contributed by atoms with van der Waals surface area (Å²) in [5, 5.41) is 20.8. The van der Waals surface area contributed by atoms with Gasteiger partial charge in [0.25, 0.3) is 0 Å². The Balaban J connectivity index is 4.75. The predicted octanol–water partition coefficient (Wildman–Crippen LogP) is 1.88. The molecular weight excluding hydrogens is 376 g/mol. The lowest BCUT2D eigenvalue weighted by Crippen LogP contribution is -2.39. The van der Waals surface area contributed by atoms with Crippen molar-refractivity contribution in [3.63, 3.8) is 0 Å². The maximum absolute atomic E-state index is 11.9. The second kappa shape index (κ2) is 8.09. The van der Waals surface area contributed by atoms with E-state index in [-0.39, 0.29) is 0 Å². The smallest absolute Gasteiger partial charge is 0.203 e. The molecule has 0 saturated carbocycles. The van der Waals surface area contributed by atoms with Crippen LogP contribution < -0.4 is 0 Å². The van der Waals surface area contributed by atoms with Gasteiger partial charge in [-0.05, 0) is 24.7 Å². The summed E-state index contributed by atoms with van der Waals surface area (Å²) in [5.74, 6) is -0.796. The Bertz CT molecular complexity index is 283. The molecule has 4 unspecified atom stereocenters. The summed E-state index contributed by atoms with van der Waals surface area (Å²) in [6, 6.07) is 0. The number of rotatable bonds is 8. The molecule has 0 aromatic carbocycles. The molecule has 7 heteroatoms. The topological polar surface area (TPSA) is 74.6 Å². The normalized spacial score (nSPS) is 19.6. The standard InChI is InChI=1S/C10H20Br2O4S/c1-7(3-5-11)9(13)17(15,16)10(14)8(2)4-6-12/h7-10,13-14H,3-6H2,1-2H3. The lowest BCUT2D eigenvalue weighted by Gasteiger charge is -2.24. The molecule has 4 nitrogen and oxygen atoms in total. The zero-order valence-electron chi connectivity index (χ0n) is 10.0. The van der Waals surface area contributed by atoms with Crippen LogP contribution in [0.1, 0.15) is 26.7 Å². The Morgan fingerprint density at radius 2 is 1.24 bits per heavy atom. The minimum atomic E-state index is -3.91. The highest BCUT2D eigenvalue weighted by atomic mass is 79.9. The highest BCUT2D eigenvalue weighted by Gasteiger charge is 2.37. The summed E-state index contributed by atoms with van der Waals surface area (Å²) in [7, 11) is -3.91. The lowest BCUT2D eigenvalue weighted by atomic mass is 10.1. The predicted molar refractivity (Wildman–Crippen MR) is 76.1 cm³/mol. The minimum absolute atomic E-state index is 0.398. The molecule has 0 spiro atoms. The number of halogens is 2. The minimum Gasteiger partial charge on any atom is -0.377 e. The van der Waals surface area contributed by atoms with Gasteiger partial charge in [0.15, 0.2) is 10.9 Å². The van der Waals surface area contributed by atoms with Gasteiger partial charge in [0, 0.05) is 10.7 Å². The van der Waals surface area contributed by atoms with Crippen LogP contribution in [-0.4, -0.2) is 40.2 Å². The lowest BCUT2D eigenvalue weighted by molar-refractivity contribution is 0.150. The number of aliphatic hydroxyl groups is 2. The summed E-state index contributed by atoms with van der Waals surface area (Å²) in [5.41, 5.74) is -3.01. The van der Waals surface area contributed by atoms with E-state index < -0.39 is 32.5 Å². The highest BCUT2D eigenvalue weighted by molar-refractivity contribution is 9.09. The summed E-state index contributed by atoms with van der Waals surface area (Å²) in [6.07, 6.45) is 1.08. The van der Waals surface area contributed by atoms with Crippen molar-refractivity contribution in [3.8, 4) is 0 Å². The van der Waals surface area contributed by atoms with Crippen molar-refractivity contribution in [1.82, 2.24) is 0 Å². The molecule has 0 aromatic rings. The first-order chi connectivity index (χ1) is 7.78. The van der Waals surface area contributed by atoms with Crippen LogP contribution in [0.4, 0.5) is 0 Å². The molecule has 104 valence electrons. The van der Waals surface area contributed by atoms with Crippen LogP contribution in [0.2, 0.25) is 0 Å². The molecule has 0 radical (unpaired) electrons. The fourth-order valence-electron chi connectivity index (χ4n) is 1.42. The largest absolute Gasteiger partial charge is 0.377 e. The second-order valence-electron chi connectivity index (χ2n) is 4.28. The number of sulfone groups is 1. The number of hydrogen-bond acceptors (Lipinski definition) is 4. The molecule has 0 heterocycles. The van der Waals surface area contributed by atoms with Crippen LogP contribution >= 0.6 is 31.9 Å². The van der Waals surface area contributed by atoms with E-state index in [1.807, 2.05) is 0 Å². The molecule has 0 aromatic heterocycles. The molecule has 0 aliphatic carbocycles. The zero-order chi connectivity index (χ0) is 13.6. The van der Waals surface area contributed by atoms with E-state index in [9.17, 15) is 18.6 Å². The van der Waals surface area contributed by atoms with E-state index in [4.69, 9.17) is 0 Å². The third-order valence-corrected chi connectivity index (χ3v) is 5.97. The molecular formula is C10H20Br2O4S. The van der Waals surface area contributed by atoms with Crippen molar-refractivity contribution in [2.45, 2.75) is 37.6 Å². The fraction of sp³-hybridized carbons (Fsp3) is 1.00. The quantitative estimate of drug-likeness (QED) is 0.615. The summed E-state index contributed by atoms with van der Waals surface area (Å²) < 4.78 is 23.9. The maximum Gasteiger partial charge on any atom is 0.203 e. The second-order valence-corrected chi connectivity index (χ2v) is 8.01. The first-order valence-electron chi connectivity index (χ1n) is 5.49. The van der Waals surface area contributed by atoms with Gasteiger partial charge in [-0.1, -0.05) is 45.7 Å². The average molecular weight is 396 g/mol. The molecule has 0 saturated heterocycles. The van der Waals surface area contributed by atoms with Crippen LogP contribution in [0.25, 0.3) is 0 Å². The van der Waals surface area contributed by atoms with Crippen LogP contribution in [0.15, 0.2) is 0 Å². The number of hydrogen-bond donors (Lipinski definition) is 2. The number of aliphatic hydroxyl groups excluding tert-OH is 2. The Morgan fingerprint density at radius 1 is 0.941 bits per heavy atom. The molecule has 0 aliphatic heterocycles. The van der Waals surface area contributed by atoms with Gasteiger partial charge < -0.3 is 10.2 Å². The van der Waals surface area contributed by atoms with E-state index in [1.54, 1.807) is 13.8 Å².